The predicted octanol–water partition coefficient (Wildman–Crippen LogP) is 1.71. The van der Waals surface area contributed by atoms with E-state index >= 15 is 0 Å². The Morgan fingerprint density at radius 2 is 1.90 bits per heavy atom. The van der Waals surface area contributed by atoms with Crippen LogP contribution in [0.3, 0.4) is 0 Å². The monoisotopic (exact) mass is 285 g/mol. The normalized spacial score (nSPS) is 11.4. The summed E-state index contributed by atoms with van der Waals surface area (Å²) in [5.41, 5.74) is 1.35. The lowest BCUT2D eigenvalue weighted by Crippen LogP contribution is -2.40. The summed E-state index contributed by atoms with van der Waals surface area (Å²) in [7, 11) is 0. The number of benzene rings is 1. The fourth-order valence-electron chi connectivity index (χ4n) is 1.80. The van der Waals surface area contributed by atoms with Crippen LogP contribution in [-0.4, -0.2) is 22.1 Å². The number of amides is 2. The first-order valence-electron chi connectivity index (χ1n) is 6.38. The van der Waals surface area contributed by atoms with Gasteiger partial charge in [-0.15, -0.1) is 0 Å². The molecule has 2 aromatic rings. The summed E-state index contributed by atoms with van der Waals surface area (Å²) in [6.45, 7) is 0.279. The van der Waals surface area contributed by atoms with Crippen molar-refractivity contribution in [1.82, 2.24) is 15.6 Å². The molecule has 108 valence electrons. The molecule has 6 nitrogen and oxygen atoms in total. The van der Waals surface area contributed by atoms with Gasteiger partial charge in [0.2, 0.25) is 0 Å². The lowest BCUT2D eigenvalue weighted by atomic mass is 10.1. The molecule has 6 heteroatoms. The predicted molar refractivity (Wildman–Crippen MR) is 76.4 cm³/mol. The van der Waals surface area contributed by atoms with E-state index in [1.807, 2.05) is 6.07 Å². The first kappa shape index (κ1) is 14.5. The first-order chi connectivity index (χ1) is 10.2. The van der Waals surface area contributed by atoms with E-state index in [0.29, 0.717) is 5.56 Å². The molecule has 0 unspecified atom stereocenters. The van der Waals surface area contributed by atoms with Gasteiger partial charge in [0, 0.05) is 18.9 Å². The number of hydrogen-bond acceptors (Lipinski definition) is 3. The topological polar surface area (TPSA) is 91.3 Å². The minimum atomic E-state index is -1.11. The number of carbonyl (C=O) groups is 2. The molecule has 2 amide bonds. The van der Waals surface area contributed by atoms with Gasteiger partial charge in [0.1, 0.15) is 0 Å². The smallest absolute Gasteiger partial charge is 0.330 e. The average molecular weight is 285 g/mol. The Bertz CT molecular complexity index is 602. The van der Waals surface area contributed by atoms with Crippen LogP contribution in [0.5, 0.6) is 0 Å². The van der Waals surface area contributed by atoms with Crippen LogP contribution >= 0.6 is 0 Å². The second-order valence-electron chi connectivity index (χ2n) is 4.37. The minimum absolute atomic E-state index is 0.279. The Labute approximate surface area is 121 Å². The maximum absolute atomic E-state index is 11.8. The van der Waals surface area contributed by atoms with Crippen molar-refractivity contribution in [3.63, 3.8) is 0 Å². The Kier molecular flexibility index (Phi) is 4.87. The molecule has 0 aliphatic heterocycles. The molecular formula is C15H15N3O3. The molecule has 0 fully saturated rings. The first-order valence-corrected chi connectivity index (χ1v) is 6.38. The Balaban J connectivity index is 1.95. The second kappa shape index (κ2) is 7.04. The molecule has 0 spiro atoms. The van der Waals surface area contributed by atoms with Gasteiger partial charge in [0.25, 0.3) is 0 Å². The van der Waals surface area contributed by atoms with Gasteiger partial charge in [-0.1, -0.05) is 36.4 Å². The fraction of sp³-hybridized carbons (Fsp3) is 0.133. The molecule has 2 rings (SSSR count). The Hall–Kier alpha value is -2.89. The number of aliphatic carboxylic acids is 1. The van der Waals surface area contributed by atoms with Gasteiger partial charge >= 0.3 is 12.0 Å². The summed E-state index contributed by atoms with van der Waals surface area (Å²) in [5.74, 6) is -1.11. The number of hydrogen-bond donors (Lipinski definition) is 3. The van der Waals surface area contributed by atoms with E-state index in [-0.39, 0.29) is 6.54 Å². The zero-order valence-electron chi connectivity index (χ0n) is 11.2. The molecule has 1 aromatic heterocycles. The number of carboxylic acid groups (broad SMARTS) is 1. The molecule has 1 heterocycles. The van der Waals surface area contributed by atoms with Gasteiger partial charge < -0.3 is 15.7 Å². The number of aromatic nitrogens is 1. The SMILES string of the molecule is O=C(NCc1cccnc1)N[C@@H](C(=O)O)c1ccccc1. The van der Waals surface area contributed by atoms with Crippen LogP contribution in [0.15, 0.2) is 54.9 Å². The highest BCUT2D eigenvalue weighted by Gasteiger charge is 2.21. The quantitative estimate of drug-likeness (QED) is 0.780. The van der Waals surface area contributed by atoms with Gasteiger partial charge in [-0.3, -0.25) is 4.98 Å². The number of urea groups is 1. The van der Waals surface area contributed by atoms with Crippen molar-refractivity contribution < 1.29 is 14.7 Å². The number of carboxylic acids is 1. The third kappa shape index (κ3) is 4.31. The Morgan fingerprint density at radius 3 is 2.52 bits per heavy atom. The lowest BCUT2D eigenvalue weighted by molar-refractivity contribution is -0.139. The maximum atomic E-state index is 11.8. The minimum Gasteiger partial charge on any atom is -0.479 e. The van der Waals surface area contributed by atoms with Crippen molar-refractivity contribution in [2.24, 2.45) is 0 Å². The van der Waals surface area contributed by atoms with Gasteiger partial charge in [-0.2, -0.15) is 0 Å². The lowest BCUT2D eigenvalue weighted by Gasteiger charge is -2.15. The van der Waals surface area contributed by atoms with Crippen LogP contribution < -0.4 is 10.6 Å². The van der Waals surface area contributed by atoms with Crippen LogP contribution in [0.1, 0.15) is 17.2 Å². The highest BCUT2D eigenvalue weighted by atomic mass is 16.4. The van der Waals surface area contributed by atoms with Crippen LogP contribution in [0, 0.1) is 0 Å². The van der Waals surface area contributed by atoms with E-state index < -0.39 is 18.0 Å². The van der Waals surface area contributed by atoms with Crippen LogP contribution in [0.4, 0.5) is 4.79 Å². The average Bonchev–Trinajstić information content (AvgIpc) is 2.52. The largest absolute Gasteiger partial charge is 0.479 e. The zero-order chi connectivity index (χ0) is 15.1. The van der Waals surface area contributed by atoms with E-state index in [1.165, 1.54) is 0 Å². The molecule has 1 aromatic carbocycles. The number of pyridine rings is 1. The molecule has 0 aliphatic carbocycles. The van der Waals surface area contributed by atoms with Crippen molar-refractivity contribution in [3.8, 4) is 0 Å². The van der Waals surface area contributed by atoms with E-state index in [4.69, 9.17) is 0 Å². The molecule has 0 radical (unpaired) electrons. The van der Waals surface area contributed by atoms with E-state index in [0.717, 1.165) is 5.56 Å². The van der Waals surface area contributed by atoms with Crippen LogP contribution in [0.2, 0.25) is 0 Å². The van der Waals surface area contributed by atoms with Crippen molar-refractivity contribution in [1.29, 1.82) is 0 Å². The highest BCUT2D eigenvalue weighted by molar-refractivity contribution is 5.83. The van der Waals surface area contributed by atoms with Gasteiger partial charge in [-0.25, -0.2) is 9.59 Å². The number of carbonyl (C=O) groups excluding carboxylic acids is 1. The third-order valence-electron chi connectivity index (χ3n) is 2.83. The Morgan fingerprint density at radius 1 is 1.14 bits per heavy atom. The fourth-order valence-corrected chi connectivity index (χ4v) is 1.80. The molecule has 1 atom stereocenters. The van der Waals surface area contributed by atoms with Crippen molar-refractivity contribution in [3.05, 3.63) is 66.0 Å². The van der Waals surface area contributed by atoms with Crippen molar-refractivity contribution in [2.75, 3.05) is 0 Å². The summed E-state index contributed by atoms with van der Waals surface area (Å²) in [4.78, 5) is 27.0. The van der Waals surface area contributed by atoms with Crippen molar-refractivity contribution >= 4 is 12.0 Å². The standard InChI is InChI=1S/C15H15N3O3/c19-14(20)13(12-6-2-1-3-7-12)18-15(21)17-10-11-5-4-8-16-9-11/h1-9,13H,10H2,(H,19,20)(H2,17,18,21)/t13-/m1/s1. The number of nitrogens with zero attached hydrogens (tertiary/aromatic N) is 1. The summed E-state index contributed by atoms with van der Waals surface area (Å²) in [5, 5.41) is 14.2. The highest BCUT2D eigenvalue weighted by Crippen LogP contribution is 2.12. The molecule has 3 N–H and O–H groups in total. The van der Waals surface area contributed by atoms with Gasteiger partial charge in [-0.05, 0) is 17.2 Å². The molecular weight excluding hydrogens is 270 g/mol. The summed E-state index contributed by atoms with van der Waals surface area (Å²) in [6, 6.07) is 10.5. The summed E-state index contributed by atoms with van der Waals surface area (Å²) >= 11 is 0. The van der Waals surface area contributed by atoms with Crippen molar-refractivity contribution in [2.45, 2.75) is 12.6 Å². The third-order valence-corrected chi connectivity index (χ3v) is 2.83. The summed E-state index contributed by atoms with van der Waals surface area (Å²) < 4.78 is 0. The van der Waals surface area contributed by atoms with E-state index in [9.17, 15) is 14.7 Å². The van der Waals surface area contributed by atoms with Crippen LogP contribution in [-0.2, 0) is 11.3 Å². The maximum Gasteiger partial charge on any atom is 0.330 e. The molecule has 0 bridgehead atoms. The van der Waals surface area contributed by atoms with E-state index in [1.54, 1.807) is 48.8 Å². The van der Waals surface area contributed by atoms with Gasteiger partial charge in [0.05, 0.1) is 0 Å². The number of rotatable bonds is 5. The summed E-state index contributed by atoms with van der Waals surface area (Å²) in [6.07, 6.45) is 3.27. The zero-order valence-corrected chi connectivity index (χ0v) is 11.2. The molecule has 0 saturated carbocycles. The molecule has 0 aliphatic rings. The molecule has 0 saturated heterocycles. The second-order valence-corrected chi connectivity index (χ2v) is 4.37. The number of nitrogens with one attached hydrogen (secondary N) is 2. The molecule has 21 heavy (non-hydrogen) atoms. The van der Waals surface area contributed by atoms with Crippen LogP contribution in [0.25, 0.3) is 0 Å². The van der Waals surface area contributed by atoms with E-state index in [2.05, 4.69) is 15.6 Å². The van der Waals surface area contributed by atoms with Gasteiger partial charge in [0.15, 0.2) is 6.04 Å².